The van der Waals surface area contributed by atoms with Gasteiger partial charge in [-0.2, -0.15) is 13.2 Å². The molecule has 1 saturated heterocycles. The zero-order valence-corrected chi connectivity index (χ0v) is 19.5. The number of likely N-dealkylation sites (tertiary alicyclic amines) is 1. The lowest BCUT2D eigenvalue weighted by atomic mass is 9.97. The summed E-state index contributed by atoms with van der Waals surface area (Å²) in [5.41, 5.74) is 0.193. The van der Waals surface area contributed by atoms with Crippen LogP contribution in [0.5, 0.6) is 0 Å². The summed E-state index contributed by atoms with van der Waals surface area (Å²) in [6.07, 6.45) is -3.09. The van der Waals surface area contributed by atoms with Crippen molar-refractivity contribution in [3.05, 3.63) is 87.4 Å². The number of alkyl halides is 3. The summed E-state index contributed by atoms with van der Waals surface area (Å²) in [5.74, 6) is 4.93. The lowest BCUT2D eigenvalue weighted by Gasteiger charge is -2.29. The van der Waals surface area contributed by atoms with Gasteiger partial charge in [-0.25, -0.2) is 4.98 Å². The van der Waals surface area contributed by atoms with Gasteiger partial charge >= 0.3 is 6.18 Å². The molecule has 1 aromatic heterocycles. The van der Waals surface area contributed by atoms with Crippen molar-refractivity contribution >= 4 is 23.2 Å². The molecule has 2 aromatic carbocycles. The van der Waals surface area contributed by atoms with Crippen molar-refractivity contribution in [2.24, 2.45) is 0 Å². The van der Waals surface area contributed by atoms with E-state index in [2.05, 4.69) is 22.1 Å². The SMILES string of the molecule is O=C(NCc1ccccc1C(F)(F)F)c1csc(C2CCN(C(=O)C#Cc3ccccc3)CC2)n1. The molecule has 0 aliphatic carbocycles. The van der Waals surface area contributed by atoms with E-state index in [4.69, 9.17) is 0 Å². The highest BCUT2D eigenvalue weighted by atomic mass is 32.1. The Hall–Kier alpha value is -3.64. The maximum absolute atomic E-state index is 13.1. The van der Waals surface area contributed by atoms with Crippen LogP contribution in [0.25, 0.3) is 0 Å². The van der Waals surface area contributed by atoms with Crippen LogP contribution in [0.3, 0.4) is 0 Å². The Morgan fingerprint density at radius 2 is 1.74 bits per heavy atom. The van der Waals surface area contributed by atoms with Crippen molar-refractivity contribution in [2.45, 2.75) is 31.5 Å². The molecule has 2 heterocycles. The smallest absolute Gasteiger partial charge is 0.347 e. The van der Waals surface area contributed by atoms with Gasteiger partial charge in [0, 0.05) is 42.4 Å². The van der Waals surface area contributed by atoms with E-state index in [1.165, 1.54) is 29.5 Å². The van der Waals surface area contributed by atoms with Gasteiger partial charge in [0.1, 0.15) is 5.69 Å². The van der Waals surface area contributed by atoms with E-state index in [1.54, 1.807) is 10.3 Å². The van der Waals surface area contributed by atoms with Crippen LogP contribution in [0, 0.1) is 11.8 Å². The van der Waals surface area contributed by atoms with E-state index in [1.807, 2.05) is 30.3 Å². The van der Waals surface area contributed by atoms with Crippen molar-refractivity contribution in [1.29, 1.82) is 0 Å². The van der Waals surface area contributed by atoms with E-state index < -0.39 is 17.6 Å². The summed E-state index contributed by atoms with van der Waals surface area (Å²) in [6, 6.07) is 14.5. The van der Waals surface area contributed by atoms with Crippen molar-refractivity contribution in [1.82, 2.24) is 15.2 Å². The Kier molecular flexibility index (Phi) is 7.51. The molecule has 0 atom stereocenters. The minimum Gasteiger partial charge on any atom is -0.347 e. The molecule has 2 amide bonds. The largest absolute Gasteiger partial charge is 0.416 e. The first kappa shape index (κ1) is 24.5. The van der Waals surface area contributed by atoms with Crippen LogP contribution in [0.15, 0.2) is 60.0 Å². The monoisotopic (exact) mass is 497 g/mol. The van der Waals surface area contributed by atoms with Crippen LogP contribution >= 0.6 is 11.3 Å². The highest BCUT2D eigenvalue weighted by Gasteiger charge is 2.33. The third kappa shape index (κ3) is 6.28. The van der Waals surface area contributed by atoms with Gasteiger partial charge in [-0.05, 0) is 36.6 Å². The van der Waals surface area contributed by atoms with Crippen molar-refractivity contribution in [3.8, 4) is 11.8 Å². The fraction of sp³-hybridized carbons (Fsp3) is 0.269. The highest BCUT2D eigenvalue weighted by molar-refractivity contribution is 7.09. The number of halogens is 3. The summed E-state index contributed by atoms with van der Waals surface area (Å²) >= 11 is 1.35. The Morgan fingerprint density at radius 1 is 1.06 bits per heavy atom. The Morgan fingerprint density at radius 3 is 2.46 bits per heavy atom. The molecule has 5 nitrogen and oxygen atoms in total. The van der Waals surface area contributed by atoms with Gasteiger partial charge in [-0.3, -0.25) is 9.59 Å². The molecule has 1 aliphatic rings. The minimum atomic E-state index is -4.49. The number of carbonyl (C=O) groups excluding carboxylic acids is 2. The zero-order chi connectivity index (χ0) is 24.8. The average Bonchev–Trinajstić information content (AvgIpc) is 3.37. The quantitative estimate of drug-likeness (QED) is 0.525. The number of amides is 2. The first-order chi connectivity index (χ1) is 16.8. The summed E-state index contributed by atoms with van der Waals surface area (Å²) in [6.45, 7) is 0.844. The number of hydrogen-bond donors (Lipinski definition) is 1. The van der Waals surface area contributed by atoms with Crippen LogP contribution in [-0.4, -0.2) is 34.8 Å². The van der Waals surface area contributed by atoms with Gasteiger partial charge in [0.05, 0.1) is 10.6 Å². The fourth-order valence-corrected chi connectivity index (χ4v) is 4.82. The molecule has 0 spiro atoms. The number of hydrogen-bond acceptors (Lipinski definition) is 4. The van der Waals surface area contributed by atoms with Crippen LogP contribution < -0.4 is 5.32 Å². The Balaban J connectivity index is 1.31. The lowest BCUT2D eigenvalue weighted by Crippen LogP contribution is -2.37. The van der Waals surface area contributed by atoms with E-state index in [0.29, 0.717) is 25.9 Å². The molecule has 0 radical (unpaired) electrons. The molecule has 1 N–H and O–H groups in total. The van der Waals surface area contributed by atoms with Crippen molar-refractivity contribution in [2.75, 3.05) is 13.1 Å². The second-order valence-corrected chi connectivity index (χ2v) is 8.98. The molecule has 1 aliphatic heterocycles. The number of piperidine rings is 1. The predicted octanol–water partition coefficient (Wildman–Crippen LogP) is 4.85. The summed E-state index contributed by atoms with van der Waals surface area (Å²) in [4.78, 5) is 31.0. The molecular weight excluding hydrogens is 475 g/mol. The van der Waals surface area contributed by atoms with Crippen LogP contribution in [0.4, 0.5) is 13.2 Å². The maximum Gasteiger partial charge on any atom is 0.416 e. The molecule has 9 heteroatoms. The second-order valence-electron chi connectivity index (χ2n) is 8.09. The van der Waals surface area contributed by atoms with Gasteiger partial charge in [-0.15, -0.1) is 11.3 Å². The number of thiazole rings is 1. The third-order valence-corrected chi connectivity index (χ3v) is 6.74. The molecular formula is C26H22F3N3O2S. The Bertz CT molecular complexity index is 1250. The molecule has 4 rings (SSSR count). The summed E-state index contributed by atoms with van der Waals surface area (Å²) < 4.78 is 39.4. The number of nitrogens with zero attached hydrogens (tertiary/aromatic N) is 2. The second kappa shape index (κ2) is 10.7. The van der Waals surface area contributed by atoms with Gasteiger partial charge in [-0.1, -0.05) is 42.3 Å². The molecule has 180 valence electrons. The number of nitrogens with one attached hydrogen (secondary N) is 1. The summed E-state index contributed by atoms with van der Waals surface area (Å²) in [5, 5.41) is 4.93. The molecule has 0 bridgehead atoms. The maximum atomic E-state index is 13.1. The zero-order valence-electron chi connectivity index (χ0n) is 18.6. The number of aromatic nitrogens is 1. The van der Waals surface area contributed by atoms with E-state index in [-0.39, 0.29) is 29.6 Å². The normalized spacial score (nSPS) is 14.2. The van der Waals surface area contributed by atoms with Gasteiger partial charge in [0.25, 0.3) is 11.8 Å². The van der Waals surface area contributed by atoms with Crippen LogP contribution in [0.2, 0.25) is 0 Å². The standard InChI is InChI=1S/C26H22F3N3O2S/c27-26(28,29)21-9-5-4-8-20(21)16-30-24(34)22-17-35-25(31-22)19-12-14-32(15-13-19)23(33)11-10-18-6-2-1-3-7-18/h1-9,17,19H,12-16H2,(H,30,34). The van der Waals surface area contributed by atoms with Crippen LogP contribution in [-0.2, 0) is 17.5 Å². The topological polar surface area (TPSA) is 62.3 Å². The highest BCUT2D eigenvalue weighted by Crippen LogP contribution is 2.32. The molecule has 0 saturated carbocycles. The number of carbonyl (C=O) groups is 2. The van der Waals surface area contributed by atoms with Gasteiger partial charge in [0.2, 0.25) is 0 Å². The lowest BCUT2D eigenvalue weighted by molar-refractivity contribution is -0.138. The average molecular weight is 498 g/mol. The fourth-order valence-electron chi connectivity index (χ4n) is 3.85. The molecule has 1 fully saturated rings. The minimum absolute atomic E-state index is 0.00351. The third-order valence-electron chi connectivity index (χ3n) is 5.74. The van der Waals surface area contributed by atoms with Crippen molar-refractivity contribution in [3.63, 3.8) is 0 Å². The number of rotatable bonds is 4. The molecule has 0 unspecified atom stereocenters. The first-order valence-corrected chi connectivity index (χ1v) is 11.9. The van der Waals surface area contributed by atoms with Gasteiger partial charge < -0.3 is 10.2 Å². The summed E-state index contributed by atoms with van der Waals surface area (Å²) in [7, 11) is 0. The predicted molar refractivity (Wildman–Crippen MR) is 127 cm³/mol. The first-order valence-electron chi connectivity index (χ1n) is 11.1. The Labute approximate surface area is 205 Å². The van der Waals surface area contributed by atoms with Gasteiger partial charge in [0.15, 0.2) is 0 Å². The van der Waals surface area contributed by atoms with E-state index >= 15 is 0 Å². The van der Waals surface area contributed by atoms with E-state index in [9.17, 15) is 22.8 Å². The molecule has 35 heavy (non-hydrogen) atoms. The van der Waals surface area contributed by atoms with E-state index in [0.717, 1.165) is 16.6 Å². The van der Waals surface area contributed by atoms with Crippen LogP contribution in [0.1, 0.15) is 50.9 Å². The van der Waals surface area contributed by atoms with Crippen molar-refractivity contribution < 1.29 is 22.8 Å². The molecule has 3 aromatic rings. The number of benzene rings is 2.